The summed E-state index contributed by atoms with van der Waals surface area (Å²) in [5.74, 6) is 0. The molecule has 0 atom stereocenters. The highest BCUT2D eigenvalue weighted by molar-refractivity contribution is 5.76. The minimum Gasteiger partial charge on any atom is -0.259 e. The van der Waals surface area contributed by atoms with E-state index in [2.05, 4.69) is 16.1 Å². The average molecular weight is 144 g/mol. The first kappa shape index (κ1) is 6.28. The van der Waals surface area contributed by atoms with Gasteiger partial charge in [-0.25, -0.2) is 0 Å². The van der Waals surface area contributed by atoms with Crippen LogP contribution < -0.4 is 0 Å². The topological polar surface area (TPSA) is 25.2 Å². The number of pyridine rings is 1. The van der Waals surface area contributed by atoms with Gasteiger partial charge in [0.2, 0.25) is 0 Å². The van der Waals surface area contributed by atoms with Gasteiger partial charge in [-0.3, -0.25) is 9.98 Å². The van der Waals surface area contributed by atoms with Crippen molar-refractivity contribution in [3.05, 3.63) is 36.2 Å². The Hall–Kier alpha value is -1.44. The normalized spacial score (nSPS) is 14.2. The SMILES string of the molecule is C1=CCc2ncccc2N=C1. The second-order valence-electron chi connectivity index (χ2n) is 2.38. The Morgan fingerprint density at radius 1 is 1.36 bits per heavy atom. The monoisotopic (exact) mass is 144 g/mol. The average Bonchev–Trinajstić information content (AvgIpc) is 2.28. The molecular weight excluding hydrogens is 136 g/mol. The van der Waals surface area contributed by atoms with E-state index in [1.165, 1.54) is 0 Å². The van der Waals surface area contributed by atoms with Crippen LogP contribution in [0.15, 0.2) is 35.5 Å². The molecule has 2 heterocycles. The molecule has 0 fully saturated rings. The number of fused-ring (bicyclic) bond motifs is 1. The lowest BCUT2D eigenvalue weighted by Gasteiger charge is -1.97. The summed E-state index contributed by atoms with van der Waals surface area (Å²) in [6, 6.07) is 3.88. The largest absolute Gasteiger partial charge is 0.259 e. The second kappa shape index (κ2) is 2.66. The molecule has 0 aliphatic carbocycles. The summed E-state index contributed by atoms with van der Waals surface area (Å²) in [5, 5.41) is 0. The van der Waals surface area contributed by atoms with Crippen LogP contribution in [-0.2, 0) is 6.42 Å². The Morgan fingerprint density at radius 2 is 2.36 bits per heavy atom. The van der Waals surface area contributed by atoms with Gasteiger partial charge in [0, 0.05) is 18.8 Å². The van der Waals surface area contributed by atoms with Crippen molar-refractivity contribution < 1.29 is 0 Å². The van der Waals surface area contributed by atoms with Gasteiger partial charge < -0.3 is 0 Å². The zero-order chi connectivity index (χ0) is 7.52. The molecule has 0 amide bonds. The molecule has 0 saturated carbocycles. The van der Waals surface area contributed by atoms with E-state index in [0.717, 1.165) is 17.8 Å². The van der Waals surface area contributed by atoms with E-state index in [0.29, 0.717) is 0 Å². The second-order valence-corrected chi connectivity index (χ2v) is 2.38. The molecular formula is C9H8N2. The first-order valence-corrected chi connectivity index (χ1v) is 3.60. The molecule has 1 aromatic heterocycles. The maximum atomic E-state index is 4.21. The van der Waals surface area contributed by atoms with Crippen molar-refractivity contribution in [1.29, 1.82) is 0 Å². The molecule has 0 radical (unpaired) electrons. The van der Waals surface area contributed by atoms with Crippen LogP contribution in [0.2, 0.25) is 0 Å². The Balaban J connectivity index is 2.52. The lowest BCUT2D eigenvalue weighted by molar-refractivity contribution is 1.11. The molecule has 1 aliphatic rings. The number of nitrogens with zero attached hydrogens (tertiary/aromatic N) is 2. The van der Waals surface area contributed by atoms with Gasteiger partial charge in [0.25, 0.3) is 0 Å². The van der Waals surface area contributed by atoms with Gasteiger partial charge in [0.1, 0.15) is 0 Å². The van der Waals surface area contributed by atoms with Crippen LogP contribution in [0, 0.1) is 0 Å². The van der Waals surface area contributed by atoms with Crippen LogP contribution in [0.5, 0.6) is 0 Å². The summed E-state index contributed by atoms with van der Waals surface area (Å²) < 4.78 is 0. The Labute approximate surface area is 65.3 Å². The van der Waals surface area contributed by atoms with Crippen LogP contribution >= 0.6 is 0 Å². The summed E-state index contributed by atoms with van der Waals surface area (Å²) >= 11 is 0. The van der Waals surface area contributed by atoms with Crippen LogP contribution in [0.3, 0.4) is 0 Å². The van der Waals surface area contributed by atoms with E-state index < -0.39 is 0 Å². The van der Waals surface area contributed by atoms with Gasteiger partial charge in [0.05, 0.1) is 11.4 Å². The molecule has 11 heavy (non-hydrogen) atoms. The molecule has 2 rings (SSSR count). The van der Waals surface area contributed by atoms with Crippen molar-refractivity contribution in [2.24, 2.45) is 4.99 Å². The van der Waals surface area contributed by atoms with Gasteiger partial charge >= 0.3 is 0 Å². The quantitative estimate of drug-likeness (QED) is 0.546. The highest BCUT2D eigenvalue weighted by Crippen LogP contribution is 2.17. The smallest absolute Gasteiger partial charge is 0.0848 e. The first-order chi connectivity index (χ1) is 5.47. The van der Waals surface area contributed by atoms with Gasteiger partial charge in [-0.1, -0.05) is 6.08 Å². The molecule has 2 nitrogen and oxygen atoms in total. The fraction of sp³-hybridized carbons (Fsp3) is 0.111. The standard InChI is InChI=1S/C9H8N2/c1-2-6-10-9-5-3-7-11-8(9)4-1/h1-3,5-7H,4H2. The Morgan fingerprint density at radius 3 is 3.36 bits per heavy atom. The molecule has 54 valence electrons. The lowest BCUT2D eigenvalue weighted by atomic mass is 10.2. The third kappa shape index (κ3) is 1.19. The number of rotatable bonds is 0. The van der Waals surface area contributed by atoms with Crippen molar-refractivity contribution in [3.8, 4) is 0 Å². The summed E-state index contributed by atoms with van der Waals surface area (Å²) in [7, 11) is 0. The molecule has 0 spiro atoms. The fourth-order valence-corrected chi connectivity index (χ4v) is 1.07. The fourth-order valence-electron chi connectivity index (χ4n) is 1.07. The van der Waals surface area contributed by atoms with Crippen LogP contribution in [0.1, 0.15) is 5.69 Å². The van der Waals surface area contributed by atoms with Crippen LogP contribution in [0.4, 0.5) is 5.69 Å². The predicted octanol–water partition coefficient (Wildman–Crippen LogP) is 1.90. The van der Waals surface area contributed by atoms with Crippen molar-refractivity contribution in [3.63, 3.8) is 0 Å². The van der Waals surface area contributed by atoms with Crippen molar-refractivity contribution in [2.45, 2.75) is 6.42 Å². The Bertz CT molecular complexity index is 313. The van der Waals surface area contributed by atoms with Crippen molar-refractivity contribution in [2.75, 3.05) is 0 Å². The number of aromatic nitrogens is 1. The van der Waals surface area contributed by atoms with Gasteiger partial charge in [0.15, 0.2) is 0 Å². The van der Waals surface area contributed by atoms with Gasteiger partial charge in [-0.2, -0.15) is 0 Å². The molecule has 0 bridgehead atoms. The maximum absolute atomic E-state index is 4.21. The number of hydrogen-bond donors (Lipinski definition) is 0. The van der Waals surface area contributed by atoms with Crippen molar-refractivity contribution in [1.82, 2.24) is 4.98 Å². The molecule has 0 unspecified atom stereocenters. The first-order valence-electron chi connectivity index (χ1n) is 3.60. The van der Waals surface area contributed by atoms with E-state index in [1.807, 2.05) is 18.2 Å². The van der Waals surface area contributed by atoms with E-state index in [9.17, 15) is 0 Å². The summed E-state index contributed by atoms with van der Waals surface area (Å²) in [6.07, 6.45) is 8.49. The molecule has 1 aliphatic heterocycles. The predicted molar refractivity (Wildman–Crippen MR) is 45.2 cm³/mol. The van der Waals surface area contributed by atoms with Crippen LogP contribution in [0.25, 0.3) is 0 Å². The van der Waals surface area contributed by atoms with Crippen molar-refractivity contribution >= 4 is 11.9 Å². The molecule has 0 aromatic carbocycles. The minimum atomic E-state index is 0.885. The third-order valence-corrected chi connectivity index (χ3v) is 1.61. The maximum Gasteiger partial charge on any atom is 0.0848 e. The lowest BCUT2D eigenvalue weighted by Crippen LogP contribution is -1.84. The van der Waals surface area contributed by atoms with Gasteiger partial charge in [-0.15, -0.1) is 0 Å². The zero-order valence-electron chi connectivity index (χ0n) is 6.07. The highest BCUT2D eigenvalue weighted by Gasteiger charge is 1.99. The number of allylic oxidation sites excluding steroid dienone is 2. The summed E-state index contributed by atoms with van der Waals surface area (Å²) in [5.41, 5.74) is 2.04. The van der Waals surface area contributed by atoms with Crippen LogP contribution in [-0.4, -0.2) is 11.2 Å². The number of aliphatic imine (C=N–C) groups is 1. The summed E-state index contributed by atoms with van der Waals surface area (Å²) in [6.45, 7) is 0. The molecule has 2 heteroatoms. The number of hydrogen-bond acceptors (Lipinski definition) is 2. The third-order valence-electron chi connectivity index (χ3n) is 1.61. The summed E-state index contributed by atoms with van der Waals surface area (Å²) in [4.78, 5) is 8.43. The minimum absolute atomic E-state index is 0.885. The Kier molecular flexibility index (Phi) is 1.52. The van der Waals surface area contributed by atoms with Gasteiger partial charge in [-0.05, 0) is 18.2 Å². The van der Waals surface area contributed by atoms with E-state index >= 15 is 0 Å². The molecule has 1 aromatic rings. The zero-order valence-corrected chi connectivity index (χ0v) is 6.07. The van der Waals surface area contributed by atoms with E-state index in [-0.39, 0.29) is 0 Å². The van der Waals surface area contributed by atoms with E-state index in [1.54, 1.807) is 12.4 Å². The highest BCUT2D eigenvalue weighted by atomic mass is 14.8. The molecule has 0 N–H and O–H groups in total. The molecule has 0 saturated heterocycles. The van der Waals surface area contributed by atoms with E-state index in [4.69, 9.17) is 0 Å².